The summed E-state index contributed by atoms with van der Waals surface area (Å²) in [5.74, 6) is -2.62. The SMILES string of the molecule is CCOC(=O)c1c(C)c(-c2cc(OC3CN(C(=O)N4N=CC[C@H]4c4cc(F)cc(F)c4)C3)c(F)cn2)c(C)n1C. The number of aromatic nitrogens is 2. The van der Waals surface area contributed by atoms with Crippen LogP contribution >= 0.6 is 0 Å². The predicted molar refractivity (Wildman–Crippen MR) is 139 cm³/mol. The molecule has 1 saturated heterocycles. The molecule has 0 radical (unpaired) electrons. The normalized spacial score (nSPS) is 16.8. The molecular formula is C28H28F3N5O4. The van der Waals surface area contributed by atoms with Crippen LogP contribution in [0.4, 0.5) is 18.0 Å². The van der Waals surface area contributed by atoms with Gasteiger partial charge in [-0.25, -0.2) is 27.8 Å². The minimum absolute atomic E-state index is 0.0326. The summed E-state index contributed by atoms with van der Waals surface area (Å²) in [5.41, 5.74) is 3.21. The van der Waals surface area contributed by atoms with Gasteiger partial charge in [0.15, 0.2) is 11.6 Å². The average Bonchev–Trinajstić information content (AvgIpc) is 3.44. The molecule has 1 aromatic carbocycles. The highest BCUT2D eigenvalue weighted by atomic mass is 19.1. The van der Waals surface area contributed by atoms with Crippen molar-refractivity contribution in [1.29, 1.82) is 0 Å². The van der Waals surface area contributed by atoms with Crippen molar-refractivity contribution in [3.05, 3.63) is 70.4 Å². The van der Waals surface area contributed by atoms with Gasteiger partial charge in [0.2, 0.25) is 0 Å². The summed E-state index contributed by atoms with van der Waals surface area (Å²) in [4.78, 5) is 31.2. The van der Waals surface area contributed by atoms with Crippen molar-refractivity contribution in [2.45, 2.75) is 39.3 Å². The number of hydrazone groups is 1. The minimum atomic E-state index is -0.733. The van der Waals surface area contributed by atoms with Gasteiger partial charge in [-0.15, -0.1) is 0 Å². The van der Waals surface area contributed by atoms with E-state index in [-0.39, 0.29) is 25.4 Å². The molecule has 0 N–H and O–H groups in total. The maximum atomic E-state index is 14.7. The van der Waals surface area contributed by atoms with Crippen LogP contribution in [0.1, 0.15) is 46.7 Å². The van der Waals surface area contributed by atoms with E-state index in [2.05, 4.69) is 10.1 Å². The molecule has 0 aliphatic carbocycles. The molecule has 0 unspecified atom stereocenters. The Morgan fingerprint density at radius 1 is 1.07 bits per heavy atom. The van der Waals surface area contributed by atoms with Gasteiger partial charge in [-0.05, 0) is 44.0 Å². The van der Waals surface area contributed by atoms with E-state index in [0.29, 0.717) is 34.5 Å². The van der Waals surface area contributed by atoms with Crippen molar-refractivity contribution in [3.8, 4) is 17.0 Å². The zero-order valence-electron chi connectivity index (χ0n) is 22.5. The minimum Gasteiger partial charge on any atom is -0.483 e. The van der Waals surface area contributed by atoms with Gasteiger partial charge in [0.1, 0.15) is 23.4 Å². The summed E-state index contributed by atoms with van der Waals surface area (Å²) in [6, 6.07) is 3.53. The van der Waals surface area contributed by atoms with Crippen LogP contribution in [0.2, 0.25) is 0 Å². The van der Waals surface area contributed by atoms with Gasteiger partial charge in [0.25, 0.3) is 0 Å². The van der Waals surface area contributed by atoms with Crippen LogP contribution in [-0.4, -0.2) is 63.5 Å². The Morgan fingerprint density at radius 2 is 1.77 bits per heavy atom. The van der Waals surface area contributed by atoms with Crippen molar-refractivity contribution >= 4 is 18.2 Å². The lowest BCUT2D eigenvalue weighted by Gasteiger charge is -2.41. The second-order valence-electron chi connectivity index (χ2n) is 9.74. The highest BCUT2D eigenvalue weighted by Crippen LogP contribution is 2.35. The van der Waals surface area contributed by atoms with Crippen LogP contribution in [0.15, 0.2) is 35.6 Å². The summed E-state index contributed by atoms with van der Waals surface area (Å²) < 4.78 is 54.9. The van der Waals surface area contributed by atoms with Gasteiger partial charge < -0.3 is 18.9 Å². The van der Waals surface area contributed by atoms with Crippen LogP contribution in [0.5, 0.6) is 5.75 Å². The predicted octanol–water partition coefficient (Wildman–Crippen LogP) is 4.91. The number of carbonyl (C=O) groups excluding carboxylic acids is 2. The van der Waals surface area contributed by atoms with Gasteiger partial charge >= 0.3 is 12.0 Å². The van der Waals surface area contributed by atoms with Crippen molar-refractivity contribution in [1.82, 2.24) is 19.5 Å². The maximum absolute atomic E-state index is 14.7. The Morgan fingerprint density at radius 3 is 2.45 bits per heavy atom. The third kappa shape index (κ3) is 4.89. The van der Waals surface area contributed by atoms with E-state index < -0.39 is 41.6 Å². The lowest BCUT2D eigenvalue weighted by molar-refractivity contribution is 0.0256. The van der Waals surface area contributed by atoms with E-state index in [0.717, 1.165) is 18.0 Å². The molecule has 9 nitrogen and oxygen atoms in total. The second kappa shape index (κ2) is 10.7. The zero-order chi connectivity index (χ0) is 28.7. The lowest BCUT2D eigenvalue weighted by atomic mass is 10.0. The fraction of sp³-hybridized carbons (Fsp3) is 0.357. The smallest absolute Gasteiger partial charge is 0.355 e. The first kappa shape index (κ1) is 27.2. The molecule has 5 rings (SSSR count). The molecule has 2 aliphatic rings. The molecule has 1 atom stereocenters. The summed E-state index contributed by atoms with van der Waals surface area (Å²) in [7, 11) is 1.75. The maximum Gasteiger partial charge on any atom is 0.355 e. The standard InChI is InChI=1S/C28H28F3N5O4/c1-5-39-27(37)26-15(2)25(16(3)34(26)4)22-11-24(21(31)12-32-22)40-20-13-35(14-20)28(38)36-23(6-7-33-36)17-8-18(29)10-19(30)9-17/h7-12,20,23H,5-6,13-14H2,1-4H3/t23-/m0/s1. The first-order chi connectivity index (χ1) is 19.1. The number of nitrogens with zero attached hydrogens (tertiary/aromatic N) is 5. The summed E-state index contributed by atoms with van der Waals surface area (Å²) >= 11 is 0. The van der Waals surface area contributed by atoms with Crippen molar-refractivity contribution in [2.24, 2.45) is 12.1 Å². The Balaban J connectivity index is 1.28. The molecule has 2 aliphatic heterocycles. The molecule has 0 saturated carbocycles. The molecule has 12 heteroatoms. The van der Waals surface area contributed by atoms with E-state index >= 15 is 0 Å². The van der Waals surface area contributed by atoms with Crippen LogP contribution in [0.3, 0.4) is 0 Å². The van der Waals surface area contributed by atoms with E-state index in [1.165, 1.54) is 34.3 Å². The summed E-state index contributed by atoms with van der Waals surface area (Å²) in [6.07, 6.45) is 2.42. The van der Waals surface area contributed by atoms with Gasteiger partial charge in [-0.3, -0.25) is 4.98 Å². The first-order valence-corrected chi connectivity index (χ1v) is 12.8. The Kier molecular flexibility index (Phi) is 7.26. The molecule has 3 aromatic rings. The van der Waals surface area contributed by atoms with Gasteiger partial charge in [-0.1, -0.05) is 0 Å². The van der Waals surface area contributed by atoms with Crippen LogP contribution < -0.4 is 4.74 Å². The number of halogens is 3. The summed E-state index contributed by atoms with van der Waals surface area (Å²) in [5, 5.41) is 5.29. The molecule has 0 bridgehead atoms. The van der Waals surface area contributed by atoms with E-state index in [9.17, 15) is 22.8 Å². The van der Waals surface area contributed by atoms with Gasteiger partial charge in [0, 0.05) is 43.1 Å². The molecule has 1 fully saturated rings. The number of likely N-dealkylation sites (tertiary alicyclic amines) is 1. The fourth-order valence-corrected chi connectivity index (χ4v) is 5.13. The summed E-state index contributed by atoms with van der Waals surface area (Å²) in [6.45, 7) is 5.91. The van der Waals surface area contributed by atoms with Crippen LogP contribution in [-0.2, 0) is 11.8 Å². The highest BCUT2D eigenvalue weighted by Gasteiger charge is 2.39. The van der Waals surface area contributed by atoms with Gasteiger partial charge in [0.05, 0.1) is 37.6 Å². The number of benzene rings is 1. The molecule has 2 amide bonds. The highest BCUT2D eigenvalue weighted by molar-refractivity contribution is 5.93. The quantitative estimate of drug-likeness (QED) is 0.403. The van der Waals surface area contributed by atoms with Gasteiger partial charge in [-0.2, -0.15) is 5.10 Å². The largest absolute Gasteiger partial charge is 0.483 e. The number of urea groups is 1. The lowest BCUT2D eigenvalue weighted by Crippen LogP contribution is -2.58. The molecule has 2 aromatic heterocycles. The third-order valence-corrected chi connectivity index (χ3v) is 7.18. The molecule has 0 spiro atoms. The van der Waals surface area contributed by atoms with E-state index in [1.807, 2.05) is 6.92 Å². The number of carbonyl (C=O) groups is 2. The van der Waals surface area contributed by atoms with Crippen molar-refractivity contribution in [3.63, 3.8) is 0 Å². The average molecular weight is 556 g/mol. The monoisotopic (exact) mass is 555 g/mol. The molecule has 40 heavy (non-hydrogen) atoms. The number of pyridine rings is 1. The number of amides is 2. The molecule has 210 valence electrons. The topological polar surface area (TPSA) is 89.3 Å². The number of hydrogen-bond donors (Lipinski definition) is 0. The van der Waals surface area contributed by atoms with Crippen LogP contribution in [0.25, 0.3) is 11.3 Å². The Hall–Kier alpha value is -4.35. The third-order valence-electron chi connectivity index (χ3n) is 7.18. The number of rotatable bonds is 6. The fourth-order valence-electron chi connectivity index (χ4n) is 5.13. The zero-order valence-corrected chi connectivity index (χ0v) is 22.5. The number of esters is 1. The van der Waals surface area contributed by atoms with E-state index in [4.69, 9.17) is 9.47 Å². The second-order valence-corrected chi connectivity index (χ2v) is 9.74. The number of ether oxygens (including phenoxy) is 2. The van der Waals surface area contributed by atoms with Crippen molar-refractivity contribution in [2.75, 3.05) is 19.7 Å². The molecular weight excluding hydrogens is 527 g/mol. The first-order valence-electron chi connectivity index (χ1n) is 12.8. The molecule has 4 heterocycles. The number of hydrogen-bond acceptors (Lipinski definition) is 6. The Bertz CT molecular complexity index is 1500. The van der Waals surface area contributed by atoms with Crippen molar-refractivity contribution < 1.29 is 32.2 Å². The Labute approximate surface area is 228 Å². The van der Waals surface area contributed by atoms with E-state index in [1.54, 1.807) is 25.5 Å². The van der Waals surface area contributed by atoms with Crippen LogP contribution in [0, 0.1) is 31.3 Å².